The fourth-order valence-corrected chi connectivity index (χ4v) is 2.34. The number of amides is 2. The molecule has 2 atom stereocenters. The molecular weight excluding hydrogens is 270 g/mol. The van der Waals surface area contributed by atoms with E-state index < -0.39 is 0 Å². The minimum atomic E-state index is -0.174. The SMILES string of the molecule is CCC(=O)NCC(=O)N[C@@H]1COC[C@H]1Cc1ccncc1. The van der Waals surface area contributed by atoms with Gasteiger partial charge in [0.05, 0.1) is 25.8 Å². The molecule has 0 spiro atoms. The van der Waals surface area contributed by atoms with E-state index in [0.29, 0.717) is 19.6 Å². The highest BCUT2D eigenvalue weighted by Crippen LogP contribution is 2.18. The molecule has 1 aliphatic rings. The van der Waals surface area contributed by atoms with Gasteiger partial charge in [-0.25, -0.2) is 0 Å². The summed E-state index contributed by atoms with van der Waals surface area (Å²) in [4.78, 5) is 27.0. The number of aromatic nitrogens is 1. The van der Waals surface area contributed by atoms with E-state index in [1.54, 1.807) is 19.3 Å². The van der Waals surface area contributed by atoms with Crippen LogP contribution in [-0.2, 0) is 20.7 Å². The van der Waals surface area contributed by atoms with Crippen molar-refractivity contribution in [3.05, 3.63) is 30.1 Å². The zero-order valence-electron chi connectivity index (χ0n) is 12.2. The lowest BCUT2D eigenvalue weighted by atomic mass is 9.95. The van der Waals surface area contributed by atoms with Gasteiger partial charge < -0.3 is 15.4 Å². The van der Waals surface area contributed by atoms with Gasteiger partial charge in [0.25, 0.3) is 0 Å². The Balaban J connectivity index is 1.81. The van der Waals surface area contributed by atoms with Gasteiger partial charge in [0.1, 0.15) is 0 Å². The first-order valence-corrected chi connectivity index (χ1v) is 7.21. The second kappa shape index (κ2) is 7.73. The summed E-state index contributed by atoms with van der Waals surface area (Å²) in [5.41, 5.74) is 1.18. The zero-order chi connectivity index (χ0) is 15.1. The number of nitrogens with one attached hydrogen (secondary N) is 2. The van der Waals surface area contributed by atoms with Crippen molar-refractivity contribution in [2.45, 2.75) is 25.8 Å². The summed E-state index contributed by atoms with van der Waals surface area (Å²) in [5.74, 6) is -0.0496. The predicted octanol–water partition coefficient (Wildman–Crippen LogP) is 0.282. The van der Waals surface area contributed by atoms with Gasteiger partial charge in [0.2, 0.25) is 11.8 Å². The van der Waals surface area contributed by atoms with Crippen LogP contribution in [0.25, 0.3) is 0 Å². The number of carbonyl (C=O) groups excluding carboxylic acids is 2. The normalized spacial score (nSPS) is 21.0. The summed E-state index contributed by atoms with van der Waals surface area (Å²) in [5, 5.41) is 5.50. The van der Waals surface area contributed by atoms with Gasteiger partial charge in [0, 0.05) is 24.7 Å². The maximum Gasteiger partial charge on any atom is 0.239 e. The average molecular weight is 291 g/mol. The number of ether oxygens (including phenoxy) is 1. The second-order valence-corrected chi connectivity index (χ2v) is 5.16. The van der Waals surface area contributed by atoms with Crippen LogP contribution in [0.15, 0.2) is 24.5 Å². The van der Waals surface area contributed by atoms with Crippen LogP contribution in [0.3, 0.4) is 0 Å². The first-order valence-electron chi connectivity index (χ1n) is 7.21. The van der Waals surface area contributed by atoms with Crippen LogP contribution in [0, 0.1) is 5.92 Å². The highest BCUT2D eigenvalue weighted by atomic mass is 16.5. The number of hydrogen-bond acceptors (Lipinski definition) is 4. The number of pyridine rings is 1. The lowest BCUT2D eigenvalue weighted by molar-refractivity contribution is -0.126. The summed E-state index contributed by atoms with van der Waals surface area (Å²) in [7, 11) is 0. The van der Waals surface area contributed by atoms with Gasteiger partial charge in [-0.1, -0.05) is 6.92 Å². The zero-order valence-corrected chi connectivity index (χ0v) is 12.2. The van der Waals surface area contributed by atoms with E-state index in [0.717, 1.165) is 6.42 Å². The van der Waals surface area contributed by atoms with Crippen LogP contribution in [0.4, 0.5) is 0 Å². The van der Waals surface area contributed by atoms with E-state index in [2.05, 4.69) is 15.6 Å². The van der Waals surface area contributed by atoms with Crippen molar-refractivity contribution >= 4 is 11.8 Å². The van der Waals surface area contributed by atoms with Gasteiger partial charge in [-0.15, -0.1) is 0 Å². The molecule has 0 aliphatic carbocycles. The van der Waals surface area contributed by atoms with Gasteiger partial charge in [-0.2, -0.15) is 0 Å². The minimum absolute atomic E-state index is 0.0100. The molecule has 0 radical (unpaired) electrons. The van der Waals surface area contributed by atoms with Crippen LogP contribution in [-0.4, -0.2) is 42.6 Å². The molecule has 0 saturated carbocycles. The maximum absolute atomic E-state index is 11.8. The summed E-state index contributed by atoms with van der Waals surface area (Å²) < 4.78 is 5.47. The van der Waals surface area contributed by atoms with Crippen LogP contribution in [0.5, 0.6) is 0 Å². The third-order valence-corrected chi connectivity index (χ3v) is 3.56. The molecule has 1 saturated heterocycles. The predicted molar refractivity (Wildman–Crippen MR) is 77.5 cm³/mol. The Morgan fingerprint density at radius 2 is 2.05 bits per heavy atom. The third kappa shape index (κ3) is 4.82. The number of carbonyl (C=O) groups is 2. The van der Waals surface area contributed by atoms with Gasteiger partial charge in [-0.3, -0.25) is 14.6 Å². The van der Waals surface area contributed by atoms with Crippen molar-refractivity contribution in [3.63, 3.8) is 0 Å². The highest BCUT2D eigenvalue weighted by Gasteiger charge is 2.29. The molecule has 2 N–H and O–H groups in total. The fourth-order valence-electron chi connectivity index (χ4n) is 2.34. The molecule has 21 heavy (non-hydrogen) atoms. The molecule has 2 rings (SSSR count). The number of hydrogen-bond donors (Lipinski definition) is 2. The molecule has 0 unspecified atom stereocenters. The fraction of sp³-hybridized carbons (Fsp3) is 0.533. The van der Waals surface area contributed by atoms with E-state index in [1.807, 2.05) is 12.1 Å². The molecule has 2 amide bonds. The largest absolute Gasteiger partial charge is 0.379 e. The van der Waals surface area contributed by atoms with Crippen LogP contribution >= 0.6 is 0 Å². The lowest BCUT2D eigenvalue weighted by Crippen LogP contribution is -2.45. The molecule has 0 aromatic carbocycles. The molecular formula is C15H21N3O3. The Labute approximate surface area is 124 Å². The Bertz CT molecular complexity index is 478. The van der Waals surface area contributed by atoms with E-state index in [4.69, 9.17) is 4.74 Å². The van der Waals surface area contributed by atoms with Crippen LogP contribution in [0.2, 0.25) is 0 Å². The van der Waals surface area contributed by atoms with Gasteiger partial charge >= 0.3 is 0 Å². The van der Waals surface area contributed by atoms with E-state index in [9.17, 15) is 9.59 Å². The molecule has 1 aliphatic heterocycles. The average Bonchev–Trinajstić information content (AvgIpc) is 2.93. The lowest BCUT2D eigenvalue weighted by Gasteiger charge is -2.19. The van der Waals surface area contributed by atoms with E-state index >= 15 is 0 Å². The number of nitrogens with zero attached hydrogens (tertiary/aromatic N) is 1. The summed E-state index contributed by atoms with van der Waals surface area (Å²) in [6.07, 6.45) is 4.75. The molecule has 6 nitrogen and oxygen atoms in total. The topological polar surface area (TPSA) is 80.3 Å². The molecule has 1 aromatic heterocycles. The quantitative estimate of drug-likeness (QED) is 0.789. The van der Waals surface area contributed by atoms with E-state index in [1.165, 1.54) is 5.56 Å². The van der Waals surface area contributed by atoms with E-state index in [-0.39, 0.29) is 30.3 Å². The maximum atomic E-state index is 11.8. The molecule has 114 valence electrons. The second-order valence-electron chi connectivity index (χ2n) is 5.16. The Morgan fingerprint density at radius 1 is 1.29 bits per heavy atom. The first-order chi connectivity index (χ1) is 10.2. The summed E-state index contributed by atoms with van der Waals surface area (Å²) in [6, 6.07) is 3.93. The molecule has 6 heteroatoms. The van der Waals surface area contributed by atoms with Gasteiger partial charge in [0.15, 0.2) is 0 Å². The van der Waals surface area contributed by atoms with Crippen molar-refractivity contribution in [3.8, 4) is 0 Å². The smallest absolute Gasteiger partial charge is 0.239 e. The van der Waals surface area contributed by atoms with Crippen molar-refractivity contribution in [2.75, 3.05) is 19.8 Å². The Hall–Kier alpha value is -1.95. The van der Waals surface area contributed by atoms with Crippen molar-refractivity contribution in [2.24, 2.45) is 5.92 Å². The van der Waals surface area contributed by atoms with Crippen molar-refractivity contribution in [1.29, 1.82) is 0 Å². The van der Waals surface area contributed by atoms with Crippen LogP contribution < -0.4 is 10.6 Å². The molecule has 1 fully saturated rings. The van der Waals surface area contributed by atoms with Crippen LogP contribution in [0.1, 0.15) is 18.9 Å². The van der Waals surface area contributed by atoms with Gasteiger partial charge in [-0.05, 0) is 24.1 Å². The third-order valence-electron chi connectivity index (χ3n) is 3.56. The Kier molecular flexibility index (Phi) is 5.68. The minimum Gasteiger partial charge on any atom is -0.379 e. The summed E-state index contributed by atoms with van der Waals surface area (Å²) in [6.45, 7) is 2.92. The monoisotopic (exact) mass is 291 g/mol. The van der Waals surface area contributed by atoms with Crippen molar-refractivity contribution < 1.29 is 14.3 Å². The standard InChI is InChI=1S/C15H21N3O3/c1-2-14(19)17-8-15(20)18-13-10-21-9-12(13)7-11-3-5-16-6-4-11/h3-6,12-13H,2,7-10H2,1H3,(H,17,19)(H,18,20)/t12-,13-/m1/s1. The summed E-state index contributed by atoms with van der Waals surface area (Å²) >= 11 is 0. The molecule has 0 bridgehead atoms. The highest BCUT2D eigenvalue weighted by molar-refractivity contribution is 5.84. The van der Waals surface area contributed by atoms with Crippen molar-refractivity contribution in [1.82, 2.24) is 15.6 Å². The molecule has 1 aromatic rings. The Morgan fingerprint density at radius 3 is 2.76 bits per heavy atom. The first kappa shape index (κ1) is 15.4. The molecule has 2 heterocycles. The number of rotatable bonds is 6.